The fraction of sp³-hybridized carbons (Fsp3) is 0.857. The predicted molar refractivity (Wildman–Crippen MR) is 39.2 cm³/mol. The minimum Gasteiger partial charge on any atom is -0.341 e. The summed E-state index contributed by atoms with van der Waals surface area (Å²) < 4.78 is 0. The Kier molecular flexibility index (Phi) is 2.68. The zero-order valence-electron chi connectivity index (χ0n) is 6.10. The summed E-state index contributed by atoms with van der Waals surface area (Å²) >= 11 is 0. The molecule has 1 unspecified atom stereocenters. The average molecular weight is 142 g/mol. The van der Waals surface area contributed by atoms with Gasteiger partial charge in [0, 0.05) is 6.42 Å². The quantitative estimate of drug-likeness (QED) is 0.513. The third-order valence-corrected chi connectivity index (χ3v) is 1.77. The summed E-state index contributed by atoms with van der Waals surface area (Å²) in [5, 5.41) is 2.72. The fourth-order valence-electron chi connectivity index (χ4n) is 1.18. The Hall–Kier alpha value is -0.570. The predicted octanol–water partition coefficient (Wildman–Crippen LogP) is 0.351. The molecule has 1 atom stereocenters. The van der Waals surface area contributed by atoms with Crippen LogP contribution >= 0.6 is 0 Å². The van der Waals surface area contributed by atoms with E-state index in [2.05, 4.69) is 5.32 Å². The molecule has 58 valence electrons. The highest BCUT2D eigenvalue weighted by molar-refractivity contribution is 5.76. The van der Waals surface area contributed by atoms with Crippen molar-refractivity contribution in [1.29, 1.82) is 0 Å². The number of nitrogens with two attached hydrogens (primary N) is 1. The molecule has 0 spiro atoms. The first-order valence-corrected chi connectivity index (χ1v) is 3.84. The van der Waals surface area contributed by atoms with Gasteiger partial charge in [-0.3, -0.25) is 4.79 Å². The zero-order valence-corrected chi connectivity index (χ0v) is 6.10. The van der Waals surface area contributed by atoms with E-state index in [4.69, 9.17) is 5.73 Å². The molecule has 1 heterocycles. The van der Waals surface area contributed by atoms with Crippen LogP contribution < -0.4 is 11.1 Å². The normalized spacial score (nSPS) is 28.5. The number of amides is 1. The molecule has 3 N–H and O–H groups in total. The minimum atomic E-state index is -0.104. The Morgan fingerprint density at radius 2 is 2.20 bits per heavy atom. The van der Waals surface area contributed by atoms with E-state index in [0.717, 1.165) is 25.7 Å². The van der Waals surface area contributed by atoms with Crippen molar-refractivity contribution in [3.8, 4) is 0 Å². The van der Waals surface area contributed by atoms with Gasteiger partial charge in [0.15, 0.2) is 0 Å². The van der Waals surface area contributed by atoms with Crippen molar-refractivity contribution >= 4 is 5.91 Å². The zero-order chi connectivity index (χ0) is 7.40. The molecular formula is C7H14N2O. The number of nitrogens with one attached hydrogen (secondary N) is 1. The molecule has 3 nitrogen and oxygen atoms in total. The SMILES string of the molecule is NC1CCCCCC(=O)N1. The topological polar surface area (TPSA) is 55.1 Å². The molecular weight excluding hydrogens is 128 g/mol. The lowest BCUT2D eigenvalue weighted by molar-refractivity contribution is -0.122. The van der Waals surface area contributed by atoms with Gasteiger partial charge in [-0.05, 0) is 12.8 Å². The smallest absolute Gasteiger partial charge is 0.221 e. The molecule has 0 aliphatic carbocycles. The van der Waals surface area contributed by atoms with Crippen LogP contribution in [-0.2, 0) is 4.79 Å². The van der Waals surface area contributed by atoms with E-state index >= 15 is 0 Å². The number of carbonyl (C=O) groups excluding carboxylic acids is 1. The highest BCUT2D eigenvalue weighted by Crippen LogP contribution is 2.07. The molecule has 3 heteroatoms. The van der Waals surface area contributed by atoms with E-state index in [-0.39, 0.29) is 12.1 Å². The number of carbonyl (C=O) groups is 1. The Balaban J connectivity index is 2.32. The summed E-state index contributed by atoms with van der Waals surface area (Å²) in [6.07, 6.45) is 4.76. The fourth-order valence-corrected chi connectivity index (χ4v) is 1.18. The van der Waals surface area contributed by atoms with E-state index < -0.39 is 0 Å². The summed E-state index contributed by atoms with van der Waals surface area (Å²) in [6.45, 7) is 0. The van der Waals surface area contributed by atoms with Crippen molar-refractivity contribution in [3.63, 3.8) is 0 Å². The third-order valence-electron chi connectivity index (χ3n) is 1.77. The standard InChI is InChI=1S/C7H14N2O/c8-6-4-2-1-3-5-7(10)9-6/h6H,1-5,8H2,(H,9,10). The summed E-state index contributed by atoms with van der Waals surface area (Å²) in [5.74, 6) is 0.104. The van der Waals surface area contributed by atoms with Crippen molar-refractivity contribution in [2.75, 3.05) is 0 Å². The summed E-state index contributed by atoms with van der Waals surface area (Å²) in [4.78, 5) is 10.9. The molecule has 0 radical (unpaired) electrons. The van der Waals surface area contributed by atoms with E-state index in [1.807, 2.05) is 0 Å². The average Bonchev–Trinajstić information content (AvgIpc) is 1.83. The van der Waals surface area contributed by atoms with E-state index in [0.29, 0.717) is 6.42 Å². The molecule has 1 amide bonds. The summed E-state index contributed by atoms with van der Waals surface area (Å²) in [7, 11) is 0. The molecule has 0 saturated carbocycles. The van der Waals surface area contributed by atoms with E-state index in [1.54, 1.807) is 0 Å². The third kappa shape index (κ3) is 2.35. The van der Waals surface area contributed by atoms with Gasteiger partial charge in [0.2, 0.25) is 5.91 Å². The van der Waals surface area contributed by atoms with Gasteiger partial charge < -0.3 is 11.1 Å². The highest BCUT2D eigenvalue weighted by atomic mass is 16.1. The molecule has 1 aliphatic heterocycles. The van der Waals surface area contributed by atoms with Crippen LogP contribution in [0, 0.1) is 0 Å². The van der Waals surface area contributed by atoms with Crippen LogP contribution in [-0.4, -0.2) is 12.1 Å². The van der Waals surface area contributed by atoms with Crippen molar-refractivity contribution in [2.45, 2.75) is 38.3 Å². The van der Waals surface area contributed by atoms with Crippen molar-refractivity contribution in [1.82, 2.24) is 5.32 Å². The first kappa shape index (κ1) is 7.54. The van der Waals surface area contributed by atoms with Crippen molar-refractivity contribution in [2.24, 2.45) is 5.73 Å². The van der Waals surface area contributed by atoms with Gasteiger partial charge in [0.25, 0.3) is 0 Å². The molecule has 0 aromatic rings. The molecule has 0 aromatic carbocycles. The minimum absolute atomic E-state index is 0.104. The molecule has 1 saturated heterocycles. The second-order valence-corrected chi connectivity index (χ2v) is 2.77. The van der Waals surface area contributed by atoms with E-state index in [9.17, 15) is 4.79 Å². The van der Waals surface area contributed by atoms with Gasteiger partial charge in [-0.25, -0.2) is 0 Å². The van der Waals surface area contributed by atoms with Gasteiger partial charge in [-0.1, -0.05) is 12.8 Å². The Labute approximate surface area is 61.0 Å². The molecule has 1 aliphatic rings. The van der Waals surface area contributed by atoms with Crippen molar-refractivity contribution < 1.29 is 4.79 Å². The lowest BCUT2D eigenvalue weighted by Gasteiger charge is -2.16. The second kappa shape index (κ2) is 3.56. The lowest BCUT2D eigenvalue weighted by Crippen LogP contribution is -2.42. The molecule has 0 bridgehead atoms. The van der Waals surface area contributed by atoms with Crippen LogP contribution in [0.1, 0.15) is 32.1 Å². The first-order valence-electron chi connectivity index (χ1n) is 3.84. The van der Waals surface area contributed by atoms with E-state index in [1.165, 1.54) is 0 Å². The number of rotatable bonds is 0. The molecule has 0 aromatic heterocycles. The van der Waals surface area contributed by atoms with Gasteiger partial charge in [-0.2, -0.15) is 0 Å². The van der Waals surface area contributed by atoms with Crippen LogP contribution in [0.2, 0.25) is 0 Å². The number of hydrogen-bond acceptors (Lipinski definition) is 2. The molecule has 1 fully saturated rings. The Bertz CT molecular complexity index is 125. The summed E-state index contributed by atoms with van der Waals surface area (Å²) in [6, 6.07) is 0. The van der Waals surface area contributed by atoms with Crippen molar-refractivity contribution in [3.05, 3.63) is 0 Å². The van der Waals surface area contributed by atoms with Gasteiger partial charge in [0.1, 0.15) is 0 Å². The maximum absolute atomic E-state index is 10.9. The first-order chi connectivity index (χ1) is 4.79. The van der Waals surface area contributed by atoms with Crippen LogP contribution in [0.4, 0.5) is 0 Å². The largest absolute Gasteiger partial charge is 0.341 e. The number of hydrogen-bond donors (Lipinski definition) is 2. The maximum Gasteiger partial charge on any atom is 0.221 e. The monoisotopic (exact) mass is 142 g/mol. The van der Waals surface area contributed by atoms with Crippen LogP contribution in [0.5, 0.6) is 0 Å². The second-order valence-electron chi connectivity index (χ2n) is 2.77. The van der Waals surface area contributed by atoms with Gasteiger partial charge in [-0.15, -0.1) is 0 Å². The van der Waals surface area contributed by atoms with Crippen LogP contribution in [0.3, 0.4) is 0 Å². The molecule has 10 heavy (non-hydrogen) atoms. The maximum atomic E-state index is 10.9. The van der Waals surface area contributed by atoms with Gasteiger partial charge in [0.05, 0.1) is 6.17 Å². The van der Waals surface area contributed by atoms with Gasteiger partial charge >= 0.3 is 0 Å². The van der Waals surface area contributed by atoms with Crippen LogP contribution in [0.25, 0.3) is 0 Å². The Morgan fingerprint density at radius 1 is 1.40 bits per heavy atom. The lowest BCUT2D eigenvalue weighted by atomic mass is 10.1. The summed E-state index contributed by atoms with van der Waals surface area (Å²) in [5.41, 5.74) is 5.56. The highest BCUT2D eigenvalue weighted by Gasteiger charge is 2.09. The van der Waals surface area contributed by atoms with Crippen LogP contribution in [0.15, 0.2) is 0 Å². The Morgan fingerprint density at radius 3 is 3.00 bits per heavy atom. The molecule has 1 rings (SSSR count).